The molecule has 5 rings (SSSR count). The van der Waals surface area contributed by atoms with Crippen LogP contribution in [0.3, 0.4) is 0 Å². The third kappa shape index (κ3) is 7.14. The summed E-state index contributed by atoms with van der Waals surface area (Å²) in [6, 6.07) is 28.8. The van der Waals surface area contributed by atoms with Gasteiger partial charge in [0.25, 0.3) is 5.79 Å². The van der Waals surface area contributed by atoms with Gasteiger partial charge in [-0.25, -0.2) is 4.79 Å². The van der Waals surface area contributed by atoms with Crippen molar-refractivity contribution in [2.24, 2.45) is 0 Å². The molecular weight excluding hydrogens is 512 g/mol. The van der Waals surface area contributed by atoms with Crippen LogP contribution < -0.4 is 0 Å². The standard InChI is InChI=1S/C32H36O8/c1-31(2)38-26-18-32(34,30(33)37-21-25-16-10-5-11-17-25)40-29(28(26)39-31)27(36-20-24-14-8-4-9-15-24)22-35-19-23-12-6-3-7-13-23/h3-17,26-29,34H,18-22H2,1-2H3/t26-,27-,28?,29?,32?/m1/s1. The number of fused-ring (bicyclic) bond motifs is 1. The van der Waals surface area contributed by atoms with Crippen molar-refractivity contribution in [3.8, 4) is 0 Å². The zero-order valence-electron chi connectivity index (χ0n) is 22.8. The lowest BCUT2D eigenvalue weighted by molar-refractivity contribution is -0.303. The van der Waals surface area contributed by atoms with E-state index in [9.17, 15) is 9.90 Å². The summed E-state index contributed by atoms with van der Waals surface area (Å²) in [5, 5.41) is 11.5. The van der Waals surface area contributed by atoms with Gasteiger partial charge in [-0.05, 0) is 30.5 Å². The third-order valence-corrected chi connectivity index (χ3v) is 6.95. The summed E-state index contributed by atoms with van der Waals surface area (Å²) in [4.78, 5) is 13.2. The lowest BCUT2D eigenvalue weighted by Gasteiger charge is -2.43. The van der Waals surface area contributed by atoms with Gasteiger partial charge in [-0.1, -0.05) is 91.0 Å². The number of carbonyl (C=O) groups excluding carboxylic acids is 1. The van der Waals surface area contributed by atoms with Gasteiger partial charge in [0.2, 0.25) is 0 Å². The molecule has 2 aliphatic rings. The minimum absolute atomic E-state index is 0.00107. The maximum atomic E-state index is 13.2. The van der Waals surface area contributed by atoms with E-state index in [1.807, 2.05) is 91.0 Å². The fraction of sp³-hybridized carbons (Fsp3) is 0.406. The Morgan fingerprint density at radius 2 is 1.38 bits per heavy atom. The Bertz CT molecular complexity index is 1220. The number of rotatable bonds is 11. The molecule has 3 aromatic carbocycles. The molecule has 8 heteroatoms. The first kappa shape index (κ1) is 28.4. The molecule has 0 spiro atoms. The van der Waals surface area contributed by atoms with Gasteiger partial charge in [-0.15, -0.1) is 0 Å². The smallest absolute Gasteiger partial charge is 0.367 e. The summed E-state index contributed by atoms with van der Waals surface area (Å²) in [5.41, 5.74) is 2.77. The van der Waals surface area contributed by atoms with Crippen LogP contribution in [0.1, 0.15) is 37.0 Å². The van der Waals surface area contributed by atoms with Crippen molar-refractivity contribution in [3.63, 3.8) is 0 Å². The second kappa shape index (κ2) is 12.6. The Morgan fingerprint density at radius 1 is 0.825 bits per heavy atom. The number of carbonyl (C=O) groups is 1. The lowest BCUT2D eigenvalue weighted by atomic mass is 9.92. The molecule has 8 nitrogen and oxygen atoms in total. The summed E-state index contributed by atoms with van der Waals surface area (Å²) >= 11 is 0. The van der Waals surface area contributed by atoms with Gasteiger partial charge in [-0.3, -0.25) is 0 Å². The number of esters is 1. The van der Waals surface area contributed by atoms with Gasteiger partial charge >= 0.3 is 5.97 Å². The van der Waals surface area contributed by atoms with E-state index >= 15 is 0 Å². The maximum Gasteiger partial charge on any atom is 0.367 e. The van der Waals surface area contributed by atoms with Crippen molar-refractivity contribution in [2.75, 3.05) is 6.61 Å². The molecule has 5 atom stereocenters. The van der Waals surface area contributed by atoms with Crippen molar-refractivity contribution in [2.45, 2.75) is 76.1 Å². The second-order valence-corrected chi connectivity index (χ2v) is 10.6. The van der Waals surface area contributed by atoms with E-state index in [4.69, 9.17) is 28.4 Å². The van der Waals surface area contributed by atoms with Crippen LogP contribution in [0, 0.1) is 0 Å². The summed E-state index contributed by atoms with van der Waals surface area (Å²) in [6.07, 6.45) is -2.93. The topological polar surface area (TPSA) is 92.7 Å². The molecule has 40 heavy (non-hydrogen) atoms. The molecule has 0 aromatic heterocycles. The molecule has 2 aliphatic heterocycles. The van der Waals surface area contributed by atoms with E-state index in [1.54, 1.807) is 13.8 Å². The molecule has 0 amide bonds. The van der Waals surface area contributed by atoms with E-state index < -0.39 is 42.0 Å². The van der Waals surface area contributed by atoms with Gasteiger partial charge in [0.1, 0.15) is 24.9 Å². The zero-order chi connectivity index (χ0) is 28.0. The first-order chi connectivity index (χ1) is 19.3. The predicted octanol–water partition coefficient (Wildman–Crippen LogP) is 4.53. The van der Waals surface area contributed by atoms with Crippen LogP contribution in [0.4, 0.5) is 0 Å². The molecule has 2 fully saturated rings. The molecule has 2 saturated heterocycles. The van der Waals surface area contributed by atoms with Crippen molar-refractivity contribution in [1.82, 2.24) is 0 Å². The predicted molar refractivity (Wildman–Crippen MR) is 146 cm³/mol. The van der Waals surface area contributed by atoms with Gasteiger partial charge < -0.3 is 33.5 Å². The molecule has 3 aromatic rings. The van der Waals surface area contributed by atoms with Gasteiger partial charge in [0.15, 0.2) is 5.79 Å². The molecule has 0 radical (unpaired) electrons. The Hall–Kier alpha value is -3.11. The highest BCUT2D eigenvalue weighted by molar-refractivity contribution is 5.77. The number of hydrogen-bond donors (Lipinski definition) is 1. The van der Waals surface area contributed by atoms with Crippen molar-refractivity contribution < 1.29 is 38.3 Å². The Morgan fingerprint density at radius 3 is 1.98 bits per heavy atom. The van der Waals surface area contributed by atoms with Gasteiger partial charge in [0, 0.05) is 6.42 Å². The highest BCUT2D eigenvalue weighted by atomic mass is 16.8. The van der Waals surface area contributed by atoms with Crippen LogP contribution in [-0.4, -0.2) is 53.7 Å². The first-order valence-corrected chi connectivity index (χ1v) is 13.6. The molecule has 0 saturated carbocycles. The highest BCUT2D eigenvalue weighted by Gasteiger charge is 2.59. The zero-order valence-corrected chi connectivity index (χ0v) is 22.8. The summed E-state index contributed by atoms with van der Waals surface area (Å²) in [7, 11) is 0. The van der Waals surface area contributed by atoms with Crippen molar-refractivity contribution >= 4 is 5.97 Å². The SMILES string of the molecule is CC1(C)OC2C([C@@H](COCc3ccccc3)OCc3ccccc3)OC(O)(C(=O)OCc3ccccc3)C[C@H]2O1. The molecule has 2 heterocycles. The summed E-state index contributed by atoms with van der Waals surface area (Å²) in [5.74, 6) is -4.08. The van der Waals surface area contributed by atoms with E-state index in [1.165, 1.54) is 0 Å². The number of ether oxygens (including phenoxy) is 6. The first-order valence-electron chi connectivity index (χ1n) is 13.6. The van der Waals surface area contributed by atoms with E-state index in [2.05, 4.69) is 0 Å². The average molecular weight is 549 g/mol. The maximum absolute atomic E-state index is 13.2. The van der Waals surface area contributed by atoms with Crippen molar-refractivity contribution in [1.29, 1.82) is 0 Å². The molecule has 1 N–H and O–H groups in total. The van der Waals surface area contributed by atoms with E-state index in [0.717, 1.165) is 16.7 Å². The molecule has 0 aliphatic carbocycles. The van der Waals surface area contributed by atoms with Crippen LogP contribution in [0.2, 0.25) is 0 Å². The Kier molecular flexibility index (Phi) is 8.95. The van der Waals surface area contributed by atoms with Crippen LogP contribution >= 0.6 is 0 Å². The molecule has 0 bridgehead atoms. The van der Waals surface area contributed by atoms with E-state index in [-0.39, 0.29) is 26.2 Å². The molecule has 3 unspecified atom stereocenters. The Labute approximate surface area is 234 Å². The minimum atomic E-state index is -2.25. The largest absolute Gasteiger partial charge is 0.457 e. The number of hydrogen-bond acceptors (Lipinski definition) is 8. The van der Waals surface area contributed by atoms with Crippen LogP contribution in [0.5, 0.6) is 0 Å². The average Bonchev–Trinajstić information content (AvgIpc) is 3.28. The molecular formula is C32H36O8. The normalized spacial score (nSPS) is 26.1. The van der Waals surface area contributed by atoms with Crippen molar-refractivity contribution in [3.05, 3.63) is 108 Å². The van der Waals surface area contributed by atoms with Crippen LogP contribution in [-0.2, 0) is 53.0 Å². The summed E-state index contributed by atoms with van der Waals surface area (Å²) in [6.45, 7) is 4.36. The van der Waals surface area contributed by atoms with Crippen LogP contribution in [0.15, 0.2) is 91.0 Å². The fourth-order valence-corrected chi connectivity index (χ4v) is 5.05. The van der Waals surface area contributed by atoms with Gasteiger partial charge in [0.05, 0.1) is 25.9 Å². The Balaban J connectivity index is 1.35. The van der Waals surface area contributed by atoms with E-state index in [0.29, 0.717) is 6.61 Å². The monoisotopic (exact) mass is 548 g/mol. The number of aliphatic hydroxyl groups is 1. The highest BCUT2D eigenvalue weighted by Crippen LogP contribution is 2.42. The lowest BCUT2D eigenvalue weighted by Crippen LogP contribution is -2.61. The third-order valence-electron chi connectivity index (χ3n) is 6.95. The second-order valence-electron chi connectivity index (χ2n) is 10.6. The number of benzene rings is 3. The fourth-order valence-electron chi connectivity index (χ4n) is 5.05. The summed E-state index contributed by atoms with van der Waals surface area (Å²) < 4.78 is 36.4. The minimum Gasteiger partial charge on any atom is -0.457 e. The molecule has 212 valence electrons. The quantitative estimate of drug-likeness (QED) is 0.350. The van der Waals surface area contributed by atoms with Crippen LogP contribution in [0.25, 0.3) is 0 Å². The van der Waals surface area contributed by atoms with Gasteiger partial charge in [-0.2, -0.15) is 0 Å².